The van der Waals surface area contributed by atoms with E-state index >= 15 is 0 Å². The van der Waals surface area contributed by atoms with E-state index in [4.69, 9.17) is 0 Å². The molecule has 0 saturated carbocycles. The van der Waals surface area contributed by atoms with E-state index in [0.29, 0.717) is 19.3 Å². The Morgan fingerprint density at radius 2 is 1.02 bits per heavy atom. The molecule has 3 N–H and O–H groups in total. The Morgan fingerprint density at radius 3 is 1.48 bits per heavy atom. The van der Waals surface area contributed by atoms with Crippen LogP contribution in [0.1, 0.15) is 80.2 Å². The number of benzene rings is 1. The number of nitrogens with zero attached hydrogens (tertiary/aromatic N) is 2. The molecule has 0 bridgehead atoms. The molecule has 1 saturated heterocycles. The minimum atomic E-state index is -0.979. The SMILES string of the molecule is CC(C)C[C@@H]1C(=O)N[C@H](C(C)C)C(=O)N[C@H](CC(C)C)C(=O)N(C)[C@H](CC(C)C)C(=O)N[C@H](Cc2ccccc2)C(=O)N1C. The Balaban J connectivity index is 2.72. The Morgan fingerprint density at radius 1 is 0.591 bits per heavy atom. The minimum absolute atomic E-state index is 0.0636. The van der Waals surface area contributed by atoms with Crippen LogP contribution in [0, 0.1) is 23.7 Å². The predicted octanol–water partition coefficient (Wildman–Crippen LogP) is 3.15. The summed E-state index contributed by atoms with van der Waals surface area (Å²) < 4.78 is 0. The van der Waals surface area contributed by atoms with Crippen molar-refractivity contribution in [2.24, 2.45) is 23.7 Å². The Bertz CT molecular complexity index is 1140. The topological polar surface area (TPSA) is 128 Å². The summed E-state index contributed by atoms with van der Waals surface area (Å²) in [6.45, 7) is 15.4. The molecule has 1 heterocycles. The van der Waals surface area contributed by atoms with Crippen molar-refractivity contribution in [3.63, 3.8) is 0 Å². The number of nitrogens with one attached hydrogen (secondary N) is 3. The molecule has 0 radical (unpaired) electrons. The Labute approximate surface area is 264 Å². The second-order valence-electron chi connectivity index (χ2n) is 13.9. The van der Waals surface area contributed by atoms with Crippen molar-refractivity contribution in [2.45, 2.75) is 111 Å². The van der Waals surface area contributed by atoms with E-state index < -0.39 is 59.7 Å². The molecule has 0 aliphatic carbocycles. The largest absolute Gasteiger partial charge is 0.342 e. The summed E-state index contributed by atoms with van der Waals surface area (Å²) in [4.78, 5) is 72.5. The van der Waals surface area contributed by atoms with Gasteiger partial charge in [-0.05, 0) is 48.5 Å². The number of rotatable bonds is 9. The molecule has 0 unspecified atom stereocenters. The van der Waals surface area contributed by atoms with Crippen LogP contribution in [0.25, 0.3) is 0 Å². The monoisotopic (exact) mass is 613 g/mol. The highest BCUT2D eigenvalue weighted by Crippen LogP contribution is 2.19. The molecular formula is C34H55N5O5. The highest BCUT2D eigenvalue weighted by Gasteiger charge is 2.39. The van der Waals surface area contributed by atoms with Gasteiger partial charge in [0.25, 0.3) is 0 Å². The van der Waals surface area contributed by atoms with Crippen LogP contribution in [0.5, 0.6) is 0 Å². The molecule has 1 aliphatic rings. The number of amides is 5. The summed E-state index contributed by atoms with van der Waals surface area (Å²) >= 11 is 0. The van der Waals surface area contributed by atoms with Crippen molar-refractivity contribution in [2.75, 3.05) is 14.1 Å². The number of hydrogen-bond donors (Lipinski definition) is 3. The maximum Gasteiger partial charge on any atom is 0.245 e. The van der Waals surface area contributed by atoms with Crippen LogP contribution >= 0.6 is 0 Å². The van der Waals surface area contributed by atoms with Crippen LogP contribution in [0.4, 0.5) is 0 Å². The second kappa shape index (κ2) is 16.6. The first-order chi connectivity index (χ1) is 20.5. The van der Waals surface area contributed by atoms with Crippen molar-refractivity contribution in [1.82, 2.24) is 25.8 Å². The fourth-order valence-corrected chi connectivity index (χ4v) is 5.63. The van der Waals surface area contributed by atoms with Crippen LogP contribution in [0.2, 0.25) is 0 Å². The number of carbonyl (C=O) groups excluding carboxylic acids is 5. The van der Waals surface area contributed by atoms with Gasteiger partial charge in [0.05, 0.1) is 0 Å². The van der Waals surface area contributed by atoms with Gasteiger partial charge in [-0.1, -0.05) is 85.7 Å². The smallest absolute Gasteiger partial charge is 0.245 e. The Kier molecular flexibility index (Phi) is 13.9. The molecule has 1 fully saturated rings. The third-order valence-corrected chi connectivity index (χ3v) is 8.09. The zero-order chi connectivity index (χ0) is 33.3. The third kappa shape index (κ3) is 10.3. The molecule has 5 atom stereocenters. The third-order valence-electron chi connectivity index (χ3n) is 8.09. The molecule has 0 aromatic heterocycles. The quantitative estimate of drug-likeness (QED) is 0.394. The lowest BCUT2D eigenvalue weighted by Gasteiger charge is -2.34. The van der Waals surface area contributed by atoms with Gasteiger partial charge in [0, 0.05) is 20.5 Å². The van der Waals surface area contributed by atoms with Crippen molar-refractivity contribution in [3.05, 3.63) is 35.9 Å². The molecule has 44 heavy (non-hydrogen) atoms. The van der Waals surface area contributed by atoms with E-state index in [9.17, 15) is 24.0 Å². The van der Waals surface area contributed by atoms with E-state index in [1.165, 1.54) is 9.80 Å². The van der Waals surface area contributed by atoms with Crippen molar-refractivity contribution < 1.29 is 24.0 Å². The molecule has 0 spiro atoms. The van der Waals surface area contributed by atoms with E-state index in [1.54, 1.807) is 14.1 Å². The molecule has 10 nitrogen and oxygen atoms in total. The first-order valence-electron chi connectivity index (χ1n) is 16.0. The average molecular weight is 614 g/mol. The van der Waals surface area contributed by atoms with Crippen molar-refractivity contribution >= 4 is 29.5 Å². The summed E-state index contributed by atoms with van der Waals surface area (Å²) in [5, 5.41) is 8.75. The van der Waals surface area contributed by atoms with Crippen molar-refractivity contribution in [1.29, 1.82) is 0 Å². The highest BCUT2D eigenvalue weighted by atomic mass is 16.2. The van der Waals surface area contributed by atoms with Gasteiger partial charge in [-0.15, -0.1) is 0 Å². The van der Waals surface area contributed by atoms with E-state index in [1.807, 2.05) is 85.7 Å². The van der Waals surface area contributed by atoms with Gasteiger partial charge in [-0.3, -0.25) is 24.0 Å². The first kappa shape index (κ1) is 36.8. The zero-order valence-corrected chi connectivity index (χ0v) is 28.3. The maximum atomic E-state index is 14.2. The first-order valence-corrected chi connectivity index (χ1v) is 16.0. The van der Waals surface area contributed by atoms with Gasteiger partial charge in [0.15, 0.2) is 0 Å². The van der Waals surface area contributed by atoms with E-state index in [0.717, 1.165) is 5.56 Å². The lowest BCUT2D eigenvalue weighted by atomic mass is 9.97. The standard InChI is InChI=1S/C34H55N5O5/c1-20(2)16-25-33(43)38(9)27(17-21(3)4)30(40)35-26(19-24-14-12-11-13-15-24)34(44)39(10)28(18-22(5)6)31(41)37-29(23(7)8)32(42)36-25/h11-15,20-23,25-29H,16-19H2,1-10H3,(H,35,40)(H,36,42)(H,37,41)/t25-,26-,27-,28-,29-/m1/s1. The van der Waals surface area contributed by atoms with Crippen LogP contribution in [0.3, 0.4) is 0 Å². The van der Waals surface area contributed by atoms with Crippen LogP contribution < -0.4 is 16.0 Å². The fraction of sp³-hybridized carbons (Fsp3) is 0.676. The summed E-state index contributed by atoms with van der Waals surface area (Å²) in [5.74, 6) is -2.28. The normalized spacial score (nSPS) is 24.9. The average Bonchev–Trinajstić information content (AvgIpc) is 2.94. The fourth-order valence-electron chi connectivity index (χ4n) is 5.63. The molecule has 1 aromatic rings. The molecule has 2 rings (SSSR count). The van der Waals surface area contributed by atoms with Gasteiger partial charge in [-0.2, -0.15) is 0 Å². The maximum absolute atomic E-state index is 14.2. The van der Waals surface area contributed by atoms with E-state index in [-0.39, 0.29) is 30.1 Å². The molecule has 1 aliphatic heterocycles. The second-order valence-corrected chi connectivity index (χ2v) is 13.9. The molecule has 1 aromatic carbocycles. The highest BCUT2D eigenvalue weighted by molar-refractivity contribution is 5.98. The summed E-state index contributed by atoms with van der Waals surface area (Å²) in [7, 11) is 3.15. The molecule has 5 amide bonds. The van der Waals surface area contributed by atoms with Gasteiger partial charge in [0.1, 0.15) is 30.2 Å². The predicted molar refractivity (Wildman–Crippen MR) is 172 cm³/mol. The number of hydrogen-bond acceptors (Lipinski definition) is 5. The lowest BCUT2D eigenvalue weighted by Crippen LogP contribution is -2.59. The number of carbonyl (C=O) groups is 5. The molecule has 10 heteroatoms. The lowest BCUT2D eigenvalue weighted by molar-refractivity contribution is -0.145. The zero-order valence-electron chi connectivity index (χ0n) is 28.3. The van der Waals surface area contributed by atoms with Gasteiger partial charge < -0.3 is 25.8 Å². The van der Waals surface area contributed by atoms with Gasteiger partial charge in [0.2, 0.25) is 29.5 Å². The molecular weight excluding hydrogens is 558 g/mol. The Hall–Kier alpha value is -3.43. The minimum Gasteiger partial charge on any atom is -0.342 e. The summed E-state index contributed by atoms with van der Waals surface area (Å²) in [6, 6.07) is 4.83. The van der Waals surface area contributed by atoms with Crippen LogP contribution in [-0.4, -0.2) is 83.6 Å². The van der Waals surface area contributed by atoms with E-state index in [2.05, 4.69) is 16.0 Å². The van der Waals surface area contributed by atoms with Gasteiger partial charge in [-0.25, -0.2) is 0 Å². The van der Waals surface area contributed by atoms with Crippen molar-refractivity contribution in [3.8, 4) is 0 Å². The molecule has 246 valence electrons. The number of likely N-dealkylation sites (N-methyl/N-ethyl adjacent to an activating group) is 2. The summed E-state index contributed by atoms with van der Waals surface area (Å²) in [5.41, 5.74) is 0.846. The summed E-state index contributed by atoms with van der Waals surface area (Å²) in [6.07, 6.45) is 1.29. The van der Waals surface area contributed by atoms with Crippen LogP contribution in [0.15, 0.2) is 30.3 Å². The van der Waals surface area contributed by atoms with Crippen LogP contribution in [-0.2, 0) is 30.4 Å². The van der Waals surface area contributed by atoms with Gasteiger partial charge >= 0.3 is 0 Å².